The van der Waals surface area contributed by atoms with Crippen molar-refractivity contribution in [1.29, 1.82) is 0 Å². The van der Waals surface area contributed by atoms with Crippen LogP contribution < -0.4 is 5.32 Å². The van der Waals surface area contributed by atoms with Gasteiger partial charge in [-0.25, -0.2) is 4.79 Å². The van der Waals surface area contributed by atoms with E-state index in [0.29, 0.717) is 35.9 Å². The Hall–Kier alpha value is -2.60. The largest absolute Gasteiger partial charge is 0.462 e. The number of ether oxygens (including phenoxy) is 1. The van der Waals surface area contributed by atoms with Gasteiger partial charge in [0, 0.05) is 18.4 Å². The van der Waals surface area contributed by atoms with Gasteiger partial charge in [0.1, 0.15) is 0 Å². The standard InChI is InChI=1S/C26H31NO4S/c1-19(28)32-18-23(15-20-9-4-2-5-10-20)25(29)27-24-14-8-13-22(16-24)26(30)31-17-21-11-6-3-7-12-21/h2,4-5,8-10,13-14,16,21,23H,3,6-7,11-12,15,17-18H2,1H3,(H,27,29). The van der Waals surface area contributed by atoms with Gasteiger partial charge in [-0.15, -0.1) is 0 Å². The fraction of sp³-hybridized carbons (Fsp3) is 0.423. The van der Waals surface area contributed by atoms with Crippen LogP contribution in [-0.4, -0.2) is 29.4 Å². The number of thioether (sulfide) groups is 1. The number of carbonyl (C=O) groups excluding carboxylic acids is 3. The van der Waals surface area contributed by atoms with Crippen LogP contribution in [0.25, 0.3) is 0 Å². The molecule has 0 saturated heterocycles. The summed E-state index contributed by atoms with van der Waals surface area (Å²) in [6.07, 6.45) is 6.44. The van der Waals surface area contributed by atoms with Crippen LogP contribution in [-0.2, 0) is 20.7 Å². The second-order valence-corrected chi connectivity index (χ2v) is 9.56. The number of anilines is 1. The molecule has 0 heterocycles. The van der Waals surface area contributed by atoms with Crippen molar-refractivity contribution in [2.45, 2.75) is 45.4 Å². The normalized spacial score (nSPS) is 15.0. The van der Waals surface area contributed by atoms with E-state index in [2.05, 4.69) is 5.32 Å². The molecule has 1 saturated carbocycles. The maximum Gasteiger partial charge on any atom is 0.338 e. The lowest BCUT2D eigenvalue weighted by Crippen LogP contribution is -2.27. The highest BCUT2D eigenvalue weighted by molar-refractivity contribution is 8.13. The van der Waals surface area contributed by atoms with Gasteiger partial charge < -0.3 is 10.1 Å². The number of hydrogen-bond donors (Lipinski definition) is 1. The van der Waals surface area contributed by atoms with Crippen molar-refractivity contribution in [1.82, 2.24) is 0 Å². The summed E-state index contributed by atoms with van der Waals surface area (Å²) in [5.74, 6) is -0.0459. The third-order valence-corrected chi connectivity index (χ3v) is 6.70. The molecule has 0 radical (unpaired) electrons. The minimum atomic E-state index is -0.367. The summed E-state index contributed by atoms with van der Waals surface area (Å²) < 4.78 is 5.53. The molecule has 1 aliphatic carbocycles. The molecule has 170 valence electrons. The summed E-state index contributed by atoms with van der Waals surface area (Å²) in [7, 11) is 0. The fourth-order valence-corrected chi connectivity index (χ4v) is 4.65. The van der Waals surface area contributed by atoms with Crippen molar-refractivity contribution in [3.05, 3.63) is 65.7 Å². The van der Waals surface area contributed by atoms with Crippen LogP contribution >= 0.6 is 11.8 Å². The van der Waals surface area contributed by atoms with Crippen molar-refractivity contribution in [3.8, 4) is 0 Å². The van der Waals surface area contributed by atoms with Crippen LogP contribution in [0.5, 0.6) is 0 Å². The quantitative estimate of drug-likeness (QED) is 0.508. The summed E-state index contributed by atoms with van der Waals surface area (Å²) in [6, 6.07) is 16.6. The maximum absolute atomic E-state index is 13.0. The Balaban J connectivity index is 1.61. The number of esters is 1. The van der Waals surface area contributed by atoms with E-state index in [1.165, 1.54) is 26.2 Å². The second-order valence-electron chi connectivity index (χ2n) is 8.36. The molecule has 0 aromatic heterocycles. The first-order chi connectivity index (χ1) is 15.5. The van der Waals surface area contributed by atoms with Crippen LogP contribution in [0.15, 0.2) is 54.6 Å². The molecule has 0 aliphatic heterocycles. The molecule has 0 spiro atoms. The first-order valence-corrected chi connectivity index (χ1v) is 12.2. The molecule has 6 heteroatoms. The molecule has 1 amide bonds. The van der Waals surface area contributed by atoms with Crippen molar-refractivity contribution < 1.29 is 19.1 Å². The molecule has 2 aromatic rings. The number of rotatable bonds is 9. The van der Waals surface area contributed by atoms with Crippen LogP contribution in [0.3, 0.4) is 0 Å². The SMILES string of the molecule is CC(=O)SCC(Cc1ccccc1)C(=O)Nc1cccc(C(=O)OCC2CCCCC2)c1. The van der Waals surface area contributed by atoms with Gasteiger partial charge in [-0.3, -0.25) is 9.59 Å². The zero-order chi connectivity index (χ0) is 22.8. The van der Waals surface area contributed by atoms with Gasteiger partial charge in [-0.1, -0.05) is 67.4 Å². The molecule has 1 atom stereocenters. The highest BCUT2D eigenvalue weighted by Gasteiger charge is 2.21. The third kappa shape index (κ3) is 7.83. The van der Waals surface area contributed by atoms with E-state index in [1.54, 1.807) is 24.3 Å². The Morgan fingerprint density at radius 3 is 2.50 bits per heavy atom. The van der Waals surface area contributed by atoms with Crippen molar-refractivity contribution in [3.63, 3.8) is 0 Å². The molecule has 2 aromatic carbocycles. The number of hydrogen-bond acceptors (Lipinski definition) is 5. The lowest BCUT2D eigenvalue weighted by molar-refractivity contribution is -0.119. The van der Waals surface area contributed by atoms with Gasteiger partial charge >= 0.3 is 5.97 Å². The zero-order valence-corrected chi connectivity index (χ0v) is 19.4. The molecule has 5 nitrogen and oxygen atoms in total. The summed E-state index contributed by atoms with van der Waals surface area (Å²) >= 11 is 1.15. The fourth-order valence-electron chi connectivity index (χ4n) is 3.94. The van der Waals surface area contributed by atoms with E-state index in [4.69, 9.17) is 4.74 Å². The van der Waals surface area contributed by atoms with Crippen molar-refractivity contribution in [2.24, 2.45) is 11.8 Å². The molecular formula is C26H31NO4S. The monoisotopic (exact) mass is 453 g/mol. The molecule has 32 heavy (non-hydrogen) atoms. The lowest BCUT2D eigenvalue weighted by atomic mass is 9.90. The number of carbonyl (C=O) groups is 3. The third-order valence-electron chi connectivity index (χ3n) is 5.72. The van der Waals surface area contributed by atoms with E-state index in [9.17, 15) is 14.4 Å². The topological polar surface area (TPSA) is 72.5 Å². The van der Waals surface area contributed by atoms with E-state index in [-0.39, 0.29) is 22.9 Å². The lowest BCUT2D eigenvalue weighted by Gasteiger charge is -2.21. The number of benzene rings is 2. The van der Waals surface area contributed by atoms with E-state index in [1.807, 2.05) is 30.3 Å². The molecule has 3 rings (SSSR count). The number of nitrogens with one attached hydrogen (secondary N) is 1. The zero-order valence-electron chi connectivity index (χ0n) is 18.5. The van der Waals surface area contributed by atoms with Gasteiger partial charge in [0.15, 0.2) is 5.12 Å². The van der Waals surface area contributed by atoms with E-state index >= 15 is 0 Å². The smallest absolute Gasteiger partial charge is 0.338 e. The second kappa shape index (κ2) is 12.4. The Kier molecular flexibility index (Phi) is 9.35. The Labute approximate surface area is 194 Å². The van der Waals surface area contributed by atoms with Crippen LogP contribution in [0.2, 0.25) is 0 Å². The van der Waals surface area contributed by atoms with Crippen LogP contribution in [0, 0.1) is 11.8 Å². The van der Waals surface area contributed by atoms with E-state index < -0.39 is 0 Å². The predicted molar refractivity (Wildman–Crippen MR) is 129 cm³/mol. The van der Waals surface area contributed by atoms with Crippen LogP contribution in [0.4, 0.5) is 5.69 Å². The van der Waals surface area contributed by atoms with E-state index in [0.717, 1.165) is 30.2 Å². The molecule has 1 aliphatic rings. The highest BCUT2D eigenvalue weighted by Crippen LogP contribution is 2.24. The first-order valence-electron chi connectivity index (χ1n) is 11.3. The average molecular weight is 454 g/mol. The van der Waals surface area contributed by atoms with Crippen molar-refractivity contribution in [2.75, 3.05) is 17.7 Å². The minimum Gasteiger partial charge on any atom is -0.462 e. The molecular weight excluding hydrogens is 422 g/mol. The Morgan fingerprint density at radius 2 is 1.78 bits per heavy atom. The minimum absolute atomic E-state index is 0.0152. The number of amides is 1. The highest BCUT2D eigenvalue weighted by atomic mass is 32.2. The summed E-state index contributed by atoms with van der Waals surface area (Å²) in [4.78, 5) is 36.9. The Morgan fingerprint density at radius 1 is 1.03 bits per heavy atom. The first kappa shape index (κ1) is 24.1. The van der Waals surface area contributed by atoms with Gasteiger partial charge in [-0.05, 0) is 48.9 Å². The molecule has 0 bridgehead atoms. The van der Waals surface area contributed by atoms with Gasteiger partial charge in [0.25, 0.3) is 0 Å². The summed E-state index contributed by atoms with van der Waals surface area (Å²) in [5.41, 5.74) is 2.01. The molecule has 1 fully saturated rings. The summed E-state index contributed by atoms with van der Waals surface area (Å²) in [6.45, 7) is 1.96. The predicted octanol–water partition coefficient (Wildman–Crippen LogP) is 5.50. The van der Waals surface area contributed by atoms with Crippen molar-refractivity contribution >= 4 is 34.4 Å². The molecule has 1 N–H and O–H groups in total. The van der Waals surface area contributed by atoms with Gasteiger partial charge in [0.2, 0.25) is 5.91 Å². The maximum atomic E-state index is 13.0. The van der Waals surface area contributed by atoms with Gasteiger partial charge in [0.05, 0.1) is 18.1 Å². The molecule has 1 unspecified atom stereocenters. The average Bonchev–Trinajstić information content (AvgIpc) is 2.81. The van der Waals surface area contributed by atoms with Gasteiger partial charge in [-0.2, -0.15) is 0 Å². The van der Waals surface area contributed by atoms with Crippen LogP contribution in [0.1, 0.15) is 54.9 Å². The Bertz CT molecular complexity index is 909. The summed E-state index contributed by atoms with van der Waals surface area (Å²) in [5, 5.41) is 2.90.